The lowest BCUT2D eigenvalue weighted by Crippen LogP contribution is -2.11. The minimum atomic E-state index is -0.323. The van der Waals surface area contributed by atoms with Crippen LogP contribution in [0, 0.1) is 0 Å². The first-order chi connectivity index (χ1) is 13.1. The lowest BCUT2D eigenvalue weighted by molar-refractivity contribution is -0.111. The fourth-order valence-corrected chi connectivity index (χ4v) is 2.48. The molecular formula is C20H22ClNO5. The van der Waals surface area contributed by atoms with Gasteiger partial charge in [-0.2, -0.15) is 0 Å². The van der Waals surface area contributed by atoms with Crippen LogP contribution in [0.2, 0.25) is 5.02 Å². The van der Waals surface area contributed by atoms with E-state index in [9.17, 15) is 4.79 Å². The summed E-state index contributed by atoms with van der Waals surface area (Å²) in [5.74, 6) is 1.35. The zero-order valence-corrected chi connectivity index (χ0v) is 16.2. The number of para-hydroxylation sites is 1. The van der Waals surface area contributed by atoms with Gasteiger partial charge in [0.25, 0.3) is 0 Å². The predicted octanol–water partition coefficient (Wildman–Crippen LogP) is 4.03. The molecule has 0 fully saturated rings. The molecule has 0 aliphatic heterocycles. The number of anilines is 1. The summed E-state index contributed by atoms with van der Waals surface area (Å²) in [5, 5.41) is 3.18. The van der Waals surface area contributed by atoms with Gasteiger partial charge < -0.3 is 24.3 Å². The molecule has 2 rings (SSSR count). The van der Waals surface area contributed by atoms with E-state index in [4.69, 9.17) is 30.5 Å². The molecule has 0 unspecified atom stereocenters. The summed E-state index contributed by atoms with van der Waals surface area (Å²) in [4.78, 5) is 12.3. The molecule has 2 aromatic carbocycles. The minimum absolute atomic E-state index is 0.322. The van der Waals surface area contributed by atoms with Crippen molar-refractivity contribution in [3.8, 4) is 17.2 Å². The number of hydrogen-bond acceptors (Lipinski definition) is 5. The molecule has 1 amide bonds. The standard InChI is InChI=1S/C20H22ClNO5/c1-24-9-10-27-20-17(21)5-4-6-18(20)22-19(23)8-7-14-11-15(25-2)13-16(12-14)26-3/h4-8,11-13H,9-10H2,1-3H3,(H,22,23)/b8-7+. The number of carbonyl (C=O) groups is 1. The van der Waals surface area contributed by atoms with E-state index < -0.39 is 0 Å². The second kappa shape index (κ2) is 10.4. The van der Waals surface area contributed by atoms with Crippen molar-refractivity contribution in [1.29, 1.82) is 0 Å². The SMILES string of the molecule is COCCOc1c(Cl)cccc1NC(=O)/C=C/c1cc(OC)cc(OC)c1. The monoisotopic (exact) mass is 391 g/mol. The second-order valence-electron chi connectivity index (χ2n) is 5.43. The Hall–Kier alpha value is -2.70. The van der Waals surface area contributed by atoms with Gasteiger partial charge in [0, 0.05) is 19.3 Å². The van der Waals surface area contributed by atoms with Crippen molar-refractivity contribution in [1.82, 2.24) is 0 Å². The number of ether oxygens (including phenoxy) is 4. The molecule has 0 spiro atoms. The van der Waals surface area contributed by atoms with Crippen LogP contribution < -0.4 is 19.5 Å². The number of nitrogens with one attached hydrogen (secondary N) is 1. The zero-order chi connectivity index (χ0) is 19.6. The van der Waals surface area contributed by atoms with Crippen LogP contribution >= 0.6 is 11.6 Å². The van der Waals surface area contributed by atoms with Crippen LogP contribution in [0.1, 0.15) is 5.56 Å². The fraction of sp³-hybridized carbons (Fsp3) is 0.250. The van der Waals surface area contributed by atoms with Crippen molar-refractivity contribution < 1.29 is 23.7 Å². The summed E-state index contributed by atoms with van der Waals surface area (Å²) in [6.07, 6.45) is 3.07. The fourth-order valence-electron chi connectivity index (χ4n) is 2.25. The number of hydrogen-bond donors (Lipinski definition) is 1. The molecular weight excluding hydrogens is 370 g/mol. The minimum Gasteiger partial charge on any atom is -0.497 e. The van der Waals surface area contributed by atoms with Crippen LogP contribution in [-0.2, 0) is 9.53 Å². The first-order valence-corrected chi connectivity index (χ1v) is 8.57. The summed E-state index contributed by atoms with van der Waals surface area (Å²) in [7, 11) is 4.72. The van der Waals surface area contributed by atoms with Gasteiger partial charge in [0.2, 0.25) is 5.91 Å². The Morgan fingerprint density at radius 1 is 1.07 bits per heavy atom. The molecule has 0 aliphatic rings. The van der Waals surface area contributed by atoms with E-state index >= 15 is 0 Å². The molecule has 1 N–H and O–H groups in total. The Labute approximate surface area is 163 Å². The van der Waals surface area contributed by atoms with Crippen LogP contribution in [0.5, 0.6) is 17.2 Å². The summed E-state index contributed by atoms with van der Waals surface area (Å²) in [6, 6.07) is 10.5. The van der Waals surface area contributed by atoms with E-state index in [1.165, 1.54) is 6.08 Å². The van der Waals surface area contributed by atoms with E-state index in [2.05, 4.69) is 5.32 Å². The van der Waals surface area contributed by atoms with E-state index in [1.807, 2.05) is 0 Å². The average molecular weight is 392 g/mol. The van der Waals surface area contributed by atoms with Crippen molar-refractivity contribution >= 4 is 29.3 Å². The molecule has 0 atom stereocenters. The van der Waals surface area contributed by atoms with Crippen molar-refractivity contribution in [3.05, 3.63) is 53.1 Å². The predicted molar refractivity (Wildman–Crippen MR) is 106 cm³/mol. The molecule has 7 heteroatoms. The number of halogens is 1. The number of amides is 1. The Balaban J connectivity index is 2.12. The van der Waals surface area contributed by atoms with Gasteiger partial charge in [-0.25, -0.2) is 0 Å². The topological polar surface area (TPSA) is 66.0 Å². The number of rotatable bonds is 9. The number of benzene rings is 2. The lowest BCUT2D eigenvalue weighted by Gasteiger charge is -2.13. The molecule has 0 radical (unpaired) electrons. The molecule has 0 aliphatic carbocycles. The van der Waals surface area contributed by atoms with Gasteiger partial charge in [-0.15, -0.1) is 0 Å². The molecule has 27 heavy (non-hydrogen) atoms. The van der Waals surface area contributed by atoms with Gasteiger partial charge in [-0.3, -0.25) is 4.79 Å². The molecule has 144 valence electrons. The van der Waals surface area contributed by atoms with Crippen molar-refractivity contribution in [2.45, 2.75) is 0 Å². The normalized spacial score (nSPS) is 10.7. The maximum Gasteiger partial charge on any atom is 0.248 e. The highest BCUT2D eigenvalue weighted by Gasteiger charge is 2.10. The molecule has 0 saturated carbocycles. The summed E-state index contributed by atoms with van der Waals surface area (Å²) in [5.41, 5.74) is 1.25. The summed E-state index contributed by atoms with van der Waals surface area (Å²) < 4.78 is 21.0. The zero-order valence-electron chi connectivity index (χ0n) is 15.5. The lowest BCUT2D eigenvalue weighted by atomic mass is 10.2. The Morgan fingerprint density at radius 2 is 1.78 bits per heavy atom. The van der Waals surface area contributed by atoms with Gasteiger partial charge in [-0.1, -0.05) is 17.7 Å². The molecule has 0 saturated heterocycles. The third-order valence-electron chi connectivity index (χ3n) is 3.56. The highest BCUT2D eigenvalue weighted by molar-refractivity contribution is 6.32. The van der Waals surface area contributed by atoms with E-state index in [1.54, 1.807) is 63.8 Å². The Kier molecular flexibility index (Phi) is 7.98. The third kappa shape index (κ3) is 6.20. The second-order valence-corrected chi connectivity index (χ2v) is 5.83. The van der Waals surface area contributed by atoms with Gasteiger partial charge >= 0.3 is 0 Å². The smallest absolute Gasteiger partial charge is 0.248 e. The van der Waals surface area contributed by atoms with E-state index in [0.29, 0.717) is 41.2 Å². The number of methoxy groups -OCH3 is 3. The van der Waals surface area contributed by atoms with Crippen LogP contribution in [-0.4, -0.2) is 40.5 Å². The van der Waals surface area contributed by atoms with Gasteiger partial charge in [-0.05, 0) is 35.9 Å². The van der Waals surface area contributed by atoms with Crippen LogP contribution in [0.3, 0.4) is 0 Å². The van der Waals surface area contributed by atoms with E-state index in [0.717, 1.165) is 5.56 Å². The third-order valence-corrected chi connectivity index (χ3v) is 3.86. The van der Waals surface area contributed by atoms with Gasteiger partial charge in [0.1, 0.15) is 18.1 Å². The summed E-state index contributed by atoms with van der Waals surface area (Å²) in [6.45, 7) is 0.735. The van der Waals surface area contributed by atoms with Crippen molar-refractivity contribution in [2.24, 2.45) is 0 Å². The molecule has 6 nitrogen and oxygen atoms in total. The largest absolute Gasteiger partial charge is 0.497 e. The highest BCUT2D eigenvalue weighted by atomic mass is 35.5. The number of carbonyl (C=O) groups excluding carboxylic acids is 1. The first-order valence-electron chi connectivity index (χ1n) is 8.19. The van der Waals surface area contributed by atoms with Gasteiger partial charge in [0.15, 0.2) is 5.75 Å². The van der Waals surface area contributed by atoms with Crippen LogP contribution in [0.4, 0.5) is 5.69 Å². The summed E-state index contributed by atoms with van der Waals surface area (Å²) >= 11 is 6.17. The average Bonchev–Trinajstić information content (AvgIpc) is 2.68. The molecule has 0 bridgehead atoms. The maximum absolute atomic E-state index is 12.3. The quantitative estimate of drug-likeness (QED) is 0.516. The Bertz CT molecular complexity index is 785. The molecule has 0 aromatic heterocycles. The van der Waals surface area contributed by atoms with Crippen molar-refractivity contribution in [2.75, 3.05) is 39.9 Å². The highest BCUT2D eigenvalue weighted by Crippen LogP contribution is 2.33. The van der Waals surface area contributed by atoms with E-state index in [-0.39, 0.29) is 5.91 Å². The first kappa shape index (κ1) is 20.6. The van der Waals surface area contributed by atoms with Crippen LogP contribution in [0.25, 0.3) is 6.08 Å². The molecule has 2 aromatic rings. The Morgan fingerprint density at radius 3 is 2.41 bits per heavy atom. The van der Waals surface area contributed by atoms with Crippen LogP contribution in [0.15, 0.2) is 42.5 Å². The maximum atomic E-state index is 12.3. The van der Waals surface area contributed by atoms with Gasteiger partial charge in [0.05, 0.1) is 31.5 Å². The van der Waals surface area contributed by atoms with Crippen molar-refractivity contribution in [3.63, 3.8) is 0 Å². The molecule has 0 heterocycles.